The molecule has 2 aromatic rings. The van der Waals surface area contributed by atoms with Crippen LogP contribution in [-0.4, -0.2) is 36.0 Å². The highest BCUT2D eigenvalue weighted by atomic mass is 16.2. The van der Waals surface area contributed by atoms with Gasteiger partial charge in [-0.3, -0.25) is 14.4 Å². The number of amides is 3. The van der Waals surface area contributed by atoms with Crippen molar-refractivity contribution in [2.45, 2.75) is 26.3 Å². The Morgan fingerprint density at radius 2 is 1.57 bits per heavy atom. The highest BCUT2D eigenvalue weighted by Crippen LogP contribution is 2.02. The van der Waals surface area contributed by atoms with Gasteiger partial charge in [0.1, 0.15) is 6.04 Å². The number of benzene rings is 2. The monoisotopic (exact) mass is 380 g/mol. The lowest BCUT2D eigenvalue weighted by Crippen LogP contribution is -2.43. The molecule has 0 aromatic heterocycles. The van der Waals surface area contributed by atoms with Crippen molar-refractivity contribution in [1.82, 2.24) is 16.1 Å². The molecule has 1 atom stereocenters. The Bertz CT molecular complexity index is 835. The van der Waals surface area contributed by atoms with Crippen molar-refractivity contribution >= 4 is 23.4 Å². The van der Waals surface area contributed by atoms with Crippen LogP contribution in [0.1, 0.15) is 29.8 Å². The minimum Gasteiger partial charge on any atom is -0.347 e. The molecule has 0 unspecified atom stereocenters. The number of hydrogen-bond donors (Lipinski definition) is 3. The van der Waals surface area contributed by atoms with Crippen LogP contribution in [0.4, 0.5) is 0 Å². The molecule has 0 aliphatic heterocycles. The zero-order valence-corrected chi connectivity index (χ0v) is 15.9. The Balaban J connectivity index is 2.04. The van der Waals surface area contributed by atoms with Gasteiger partial charge in [0.2, 0.25) is 5.91 Å². The van der Waals surface area contributed by atoms with Crippen LogP contribution in [0, 0.1) is 0 Å². The van der Waals surface area contributed by atoms with E-state index in [1.54, 1.807) is 31.2 Å². The molecule has 0 aliphatic carbocycles. The van der Waals surface area contributed by atoms with Gasteiger partial charge in [0, 0.05) is 18.9 Å². The molecule has 3 amide bonds. The number of carbonyl (C=O) groups is 3. The molecule has 7 nitrogen and oxygen atoms in total. The maximum absolute atomic E-state index is 12.3. The van der Waals surface area contributed by atoms with E-state index >= 15 is 0 Å². The lowest BCUT2D eigenvalue weighted by Gasteiger charge is -2.12. The van der Waals surface area contributed by atoms with Gasteiger partial charge in [-0.05, 0) is 24.6 Å². The summed E-state index contributed by atoms with van der Waals surface area (Å²) >= 11 is 0. The summed E-state index contributed by atoms with van der Waals surface area (Å²) in [7, 11) is 0. The third-order valence-corrected chi connectivity index (χ3v) is 3.88. The summed E-state index contributed by atoms with van der Waals surface area (Å²) in [4.78, 5) is 35.4. The minimum atomic E-state index is -0.710. The predicted molar refractivity (Wildman–Crippen MR) is 108 cm³/mol. The van der Waals surface area contributed by atoms with Crippen LogP contribution in [0.25, 0.3) is 0 Å². The Hall–Kier alpha value is -3.48. The van der Waals surface area contributed by atoms with Gasteiger partial charge >= 0.3 is 0 Å². The van der Waals surface area contributed by atoms with E-state index in [2.05, 4.69) is 21.2 Å². The van der Waals surface area contributed by atoms with Crippen LogP contribution in [0.3, 0.4) is 0 Å². The van der Waals surface area contributed by atoms with E-state index < -0.39 is 11.9 Å². The third-order valence-electron chi connectivity index (χ3n) is 3.88. The topological polar surface area (TPSA) is 99.7 Å². The normalized spacial score (nSPS) is 12.0. The van der Waals surface area contributed by atoms with Gasteiger partial charge in [-0.2, -0.15) is 5.10 Å². The summed E-state index contributed by atoms with van der Waals surface area (Å²) in [6.45, 7) is 3.09. The average Bonchev–Trinajstić information content (AvgIpc) is 2.70. The first-order valence-corrected chi connectivity index (χ1v) is 8.95. The molecule has 0 saturated heterocycles. The van der Waals surface area contributed by atoms with Crippen LogP contribution in [0.2, 0.25) is 0 Å². The van der Waals surface area contributed by atoms with E-state index in [0.717, 1.165) is 5.56 Å². The summed E-state index contributed by atoms with van der Waals surface area (Å²) in [5.41, 5.74) is 4.58. The fourth-order valence-corrected chi connectivity index (χ4v) is 2.45. The van der Waals surface area contributed by atoms with Crippen LogP contribution < -0.4 is 16.1 Å². The Labute approximate surface area is 164 Å². The smallest absolute Gasteiger partial charge is 0.262 e. The fourth-order valence-electron chi connectivity index (χ4n) is 2.45. The molecule has 146 valence electrons. The zero-order valence-electron chi connectivity index (χ0n) is 15.9. The molecule has 0 aliphatic rings. The lowest BCUT2D eigenvalue weighted by atomic mass is 10.1. The predicted octanol–water partition coefficient (Wildman–Crippen LogP) is 1.66. The SMILES string of the molecule is CC(=O)N[C@@H](C)C(=O)N/N=C(/CNC(=O)c1ccccc1)Cc1ccccc1. The number of hydrazone groups is 1. The first kappa shape index (κ1) is 20.8. The average molecular weight is 380 g/mol. The van der Waals surface area contributed by atoms with E-state index in [-0.39, 0.29) is 18.4 Å². The lowest BCUT2D eigenvalue weighted by molar-refractivity contribution is -0.127. The van der Waals surface area contributed by atoms with Crippen LogP contribution >= 0.6 is 0 Å². The molecule has 0 saturated carbocycles. The van der Waals surface area contributed by atoms with Crippen molar-refractivity contribution in [3.8, 4) is 0 Å². The fraction of sp³-hybridized carbons (Fsp3) is 0.238. The quantitative estimate of drug-likeness (QED) is 0.480. The third kappa shape index (κ3) is 7.03. The number of nitrogens with zero attached hydrogens (tertiary/aromatic N) is 1. The summed E-state index contributed by atoms with van der Waals surface area (Å²) in [6.07, 6.45) is 0.463. The van der Waals surface area contributed by atoms with E-state index in [9.17, 15) is 14.4 Å². The Morgan fingerprint density at radius 1 is 0.964 bits per heavy atom. The standard InChI is InChI=1S/C21H24N4O3/c1-15(23-16(2)26)20(27)25-24-19(13-17-9-5-3-6-10-17)14-22-21(28)18-11-7-4-8-12-18/h3-12,15H,13-14H2,1-2H3,(H,22,28)(H,23,26)(H,25,27)/b24-19+/t15-/m0/s1. The second-order valence-electron chi connectivity index (χ2n) is 6.29. The molecule has 0 bridgehead atoms. The van der Waals surface area contributed by atoms with Crippen molar-refractivity contribution in [3.63, 3.8) is 0 Å². The van der Waals surface area contributed by atoms with E-state index in [1.807, 2.05) is 36.4 Å². The van der Waals surface area contributed by atoms with Crippen LogP contribution in [-0.2, 0) is 16.0 Å². The Kier molecular flexibility index (Phi) is 7.90. The molecule has 0 spiro atoms. The molecule has 0 radical (unpaired) electrons. The molecule has 0 heterocycles. The van der Waals surface area contributed by atoms with Crippen molar-refractivity contribution in [3.05, 3.63) is 71.8 Å². The molecule has 3 N–H and O–H groups in total. The van der Waals surface area contributed by atoms with Crippen molar-refractivity contribution in [2.75, 3.05) is 6.54 Å². The molecule has 2 rings (SSSR count). The highest BCUT2D eigenvalue weighted by Gasteiger charge is 2.14. The largest absolute Gasteiger partial charge is 0.347 e. The van der Waals surface area contributed by atoms with Gasteiger partial charge < -0.3 is 10.6 Å². The van der Waals surface area contributed by atoms with Crippen molar-refractivity contribution in [1.29, 1.82) is 0 Å². The molecular formula is C21H24N4O3. The summed E-state index contributed by atoms with van der Waals surface area (Å²) in [5.74, 6) is -0.958. The van der Waals surface area contributed by atoms with Gasteiger partial charge in [0.25, 0.3) is 11.8 Å². The number of carbonyl (C=O) groups excluding carboxylic acids is 3. The molecule has 7 heteroatoms. The Morgan fingerprint density at radius 3 is 2.18 bits per heavy atom. The number of nitrogens with one attached hydrogen (secondary N) is 3. The van der Waals surface area contributed by atoms with Crippen LogP contribution in [0.5, 0.6) is 0 Å². The first-order chi connectivity index (χ1) is 13.5. The molecular weight excluding hydrogens is 356 g/mol. The number of rotatable bonds is 8. The van der Waals surface area contributed by atoms with Gasteiger partial charge in [-0.25, -0.2) is 5.43 Å². The van der Waals surface area contributed by atoms with E-state index in [1.165, 1.54) is 6.92 Å². The van der Waals surface area contributed by atoms with Gasteiger partial charge in [-0.15, -0.1) is 0 Å². The summed E-state index contributed by atoms with van der Waals surface area (Å²) < 4.78 is 0. The number of hydrogen-bond acceptors (Lipinski definition) is 4. The van der Waals surface area contributed by atoms with Gasteiger partial charge in [0.05, 0.1) is 12.3 Å². The summed E-state index contributed by atoms with van der Waals surface area (Å²) in [6, 6.07) is 17.8. The maximum Gasteiger partial charge on any atom is 0.262 e. The highest BCUT2D eigenvalue weighted by molar-refractivity contribution is 5.98. The maximum atomic E-state index is 12.3. The summed E-state index contributed by atoms with van der Waals surface area (Å²) in [5, 5.41) is 9.48. The van der Waals surface area contributed by atoms with Crippen molar-refractivity contribution < 1.29 is 14.4 Å². The second kappa shape index (κ2) is 10.6. The first-order valence-electron chi connectivity index (χ1n) is 8.95. The second-order valence-corrected chi connectivity index (χ2v) is 6.29. The van der Waals surface area contributed by atoms with Crippen molar-refractivity contribution in [2.24, 2.45) is 5.10 Å². The molecule has 28 heavy (non-hydrogen) atoms. The molecule has 0 fully saturated rings. The van der Waals surface area contributed by atoms with Gasteiger partial charge in [-0.1, -0.05) is 48.5 Å². The van der Waals surface area contributed by atoms with E-state index in [0.29, 0.717) is 17.7 Å². The van der Waals surface area contributed by atoms with Gasteiger partial charge in [0.15, 0.2) is 0 Å². The zero-order chi connectivity index (χ0) is 20.4. The minimum absolute atomic E-state index is 0.178. The molecule has 2 aromatic carbocycles. The van der Waals surface area contributed by atoms with Crippen LogP contribution in [0.15, 0.2) is 65.8 Å². The van der Waals surface area contributed by atoms with E-state index in [4.69, 9.17) is 0 Å².